The SMILES string of the molecule is Cc1cc(B2OC(C)(C)C(C)(C)O2)cc(-c2cc(C)cc(-c3cc(N(c4ccccc4)c4ccccc4)cc4c3sc3ccccc34)c2)c1. The van der Waals surface area contributed by atoms with Gasteiger partial charge in [0.15, 0.2) is 0 Å². The molecule has 3 nitrogen and oxygen atoms in total. The maximum Gasteiger partial charge on any atom is 0.494 e. The van der Waals surface area contributed by atoms with Crippen LogP contribution in [0.4, 0.5) is 17.1 Å². The van der Waals surface area contributed by atoms with E-state index in [-0.39, 0.29) is 0 Å². The Balaban J connectivity index is 1.32. The normalized spacial score (nSPS) is 15.3. The highest BCUT2D eigenvalue weighted by Crippen LogP contribution is 2.46. The highest BCUT2D eigenvalue weighted by atomic mass is 32.1. The first-order chi connectivity index (χ1) is 23.6. The summed E-state index contributed by atoms with van der Waals surface area (Å²) in [7, 11) is -0.412. The van der Waals surface area contributed by atoms with E-state index in [2.05, 4.69) is 180 Å². The van der Waals surface area contributed by atoms with Gasteiger partial charge in [0.1, 0.15) is 0 Å². The molecule has 1 aliphatic heterocycles. The van der Waals surface area contributed by atoms with Gasteiger partial charge in [-0.2, -0.15) is 0 Å². The predicted octanol–water partition coefficient (Wildman–Crippen LogP) is 11.8. The summed E-state index contributed by atoms with van der Waals surface area (Å²) in [5.74, 6) is 0. The first kappa shape index (κ1) is 31.6. The molecule has 0 bridgehead atoms. The standard InChI is InChI=1S/C44H40BNO2S/c1-29-21-31(32-22-30(2)24-34(26-32)45-47-43(3,4)44(5,6)48-45)25-33(23-29)39-27-37(28-40-38-19-13-14-20-41(38)49-42(39)40)46(35-15-9-7-10-16-35)36-17-11-8-12-18-36/h7-28H,1-6H3. The lowest BCUT2D eigenvalue weighted by molar-refractivity contribution is 0.00578. The third-order valence-corrected chi connectivity index (χ3v) is 11.3. The largest absolute Gasteiger partial charge is 0.494 e. The van der Waals surface area contributed by atoms with Crippen LogP contribution in [-0.4, -0.2) is 18.3 Å². The Morgan fingerprint density at radius 3 is 1.73 bits per heavy atom. The van der Waals surface area contributed by atoms with E-state index in [0.717, 1.165) is 28.1 Å². The van der Waals surface area contributed by atoms with Crippen molar-refractivity contribution < 1.29 is 9.31 Å². The minimum absolute atomic E-state index is 0.397. The Morgan fingerprint density at radius 1 is 0.531 bits per heavy atom. The van der Waals surface area contributed by atoms with Crippen LogP contribution in [0.5, 0.6) is 0 Å². The maximum absolute atomic E-state index is 6.47. The number of rotatable bonds is 6. The molecule has 1 fully saturated rings. The van der Waals surface area contributed by atoms with Crippen molar-refractivity contribution in [3.05, 3.63) is 145 Å². The van der Waals surface area contributed by atoms with Crippen LogP contribution in [0, 0.1) is 13.8 Å². The molecule has 1 saturated heterocycles. The van der Waals surface area contributed by atoms with Gasteiger partial charge in [-0.3, -0.25) is 0 Å². The second kappa shape index (κ2) is 12.0. The molecule has 0 unspecified atom stereocenters. The number of nitrogens with zero attached hydrogens (tertiary/aromatic N) is 1. The predicted molar refractivity (Wildman–Crippen MR) is 210 cm³/mol. The Morgan fingerprint density at radius 2 is 1.08 bits per heavy atom. The van der Waals surface area contributed by atoms with Gasteiger partial charge in [-0.25, -0.2) is 0 Å². The Kier molecular flexibility index (Phi) is 7.75. The van der Waals surface area contributed by atoms with E-state index in [1.807, 2.05) is 11.3 Å². The summed E-state index contributed by atoms with van der Waals surface area (Å²) < 4.78 is 15.5. The van der Waals surface area contributed by atoms with Crippen LogP contribution in [0.2, 0.25) is 0 Å². The second-order valence-corrected chi connectivity index (χ2v) is 15.3. The van der Waals surface area contributed by atoms with Gasteiger partial charge >= 0.3 is 7.12 Å². The molecule has 0 N–H and O–H groups in total. The molecule has 8 rings (SSSR count). The number of benzene rings is 6. The van der Waals surface area contributed by atoms with E-state index in [1.165, 1.54) is 48.0 Å². The lowest BCUT2D eigenvalue weighted by Gasteiger charge is -2.32. The van der Waals surface area contributed by atoms with Crippen molar-refractivity contribution in [1.29, 1.82) is 0 Å². The van der Waals surface area contributed by atoms with Crippen LogP contribution in [0.25, 0.3) is 42.4 Å². The first-order valence-corrected chi connectivity index (χ1v) is 17.8. The molecule has 1 aromatic heterocycles. The van der Waals surface area contributed by atoms with Crippen molar-refractivity contribution in [2.75, 3.05) is 4.90 Å². The van der Waals surface area contributed by atoms with E-state index in [0.29, 0.717) is 0 Å². The van der Waals surface area contributed by atoms with Crippen molar-refractivity contribution in [3.63, 3.8) is 0 Å². The monoisotopic (exact) mass is 657 g/mol. The molecule has 2 heterocycles. The summed E-state index contributed by atoms with van der Waals surface area (Å²) in [6.45, 7) is 12.8. The molecule has 7 aromatic rings. The average molecular weight is 658 g/mol. The van der Waals surface area contributed by atoms with Crippen LogP contribution in [0.3, 0.4) is 0 Å². The smallest absolute Gasteiger partial charge is 0.399 e. The summed E-state index contributed by atoms with van der Waals surface area (Å²) in [5.41, 5.74) is 10.8. The molecule has 0 spiro atoms. The zero-order valence-corrected chi connectivity index (χ0v) is 29.8. The Labute approximate surface area is 293 Å². The fraction of sp³-hybridized carbons (Fsp3) is 0.182. The summed E-state index contributed by atoms with van der Waals surface area (Å²) >= 11 is 1.87. The minimum Gasteiger partial charge on any atom is -0.399 e. The summed E-state index contributed by atoms with van der Waals surface area (Å²) in [4.78, 5) is 2.36. The quantitative estimate of drug-likeness (QED) is 0.166. The summed E-state index contributed by atoms with van der Waals surface area (Å²) in [5, 5.41) is 2.55. The van der Waals surface area contributed by atoms with Gasteiger partial charge in [0.25, 0.3) is 0 Å². The van der Waals surface area contributed by atoms with E-state index in [4.69, 9.17) is 9.31 Å². The molecular weight excluding hydrogens is 617 g/mol. The van der Waals surface area contributed by atoms with Gasteiger partial charge in [0, 0.05) is 42.8 Å². The number of fused-ring (bicyclic) bond motifs is 3. The molecule has 0 atom stereocenters. The van der Waals surface area contributed by atoms with Crippen molar-refractivity contribution in [3.8, 4) is 22.3 Å². The van der Waals surface area contributed by atoms with Crippen LogP contribution < -0.4 is 10.4 Å². The summed E-state index contributed by atoms with van der Waals surface area (Å²) in [6.07, 6.45) is 0. The van der Waals surface area contributed by atoms with E-state index in [1.54, 1.807) is 0 Å². The average Bonchev–Trinajstić information content (AvgIpc) is 3.57. The molecule has 5 heteroatoms. The molecule has 0 aliphatic carbocycles. The van der Waals surface area contributed by atoms with Crippen LogP contribution in [0.15, 0.2) is 133 Å². The van der Waals surface area contributed by atoms with Gasteiger partial charge in [0.05, 0.1) is 11.2 Å². The van der Waals surface area contributed by atoms with E-state index >= 15 is 0 Å². The van der Waals surface area contributed by atoms with Gasteiger partial charge in [0.2, 0.25) is 0 Å². The molecule has 0 saturated carbocycles. The lowest BCUT2D eigenvalue weighted by atomic mass is 9.77. The van der Waals surface area contributed by atoms with Crippen molar-refractivity contribution in [2.45, 2.75) is 52.7 Å². The number of aryl methyl sites for hydroxylation is 2. The fourth-order valence-electron chi connectivity index (χ4n) is 6.96. The molecule has 1 aliphatic rings. The first-order valence-electron chi connectivity index (χ1n) is 17.0. The zero-order valence-electron chi connectivity index (χ0n) is 29.0. The lowest BCUT2D eigenvalue weighted by Crippen LogP contribution is -2.41. The molecule has 0 radical (unpaired) electrons. The highest BCUT2D eigenvalue weighted by molar-refractivity contribution is 7.26. The fourth-order valence-corrected chi connectivity index (χ4v) is 8.18. The highest BCUT2D eigenvalue weighted by Gasteiger charge is 2.51. The van der Waals surface area contributed by atoms with Crippen molar-refractivity contribution >= 4 is 61.2 Å². The van der Waals surface area contributed by atoms with Crippen LogP contribution in [0.1, 0.15) is 38.8 Å². The number of anilines is 3. The van der Waals surface area contributed by atoms with E-state index < -0.39 is 18.3 Å². The molecule has 242 valence electrons. The number of thiophene rings is 1. The maximum atomic E-state index is 6.47. The molecular formula is C44H40BNO2S. The zero-order chi connectivity index (χ0) is 33.9. The van der Waals surface area contributed by atoms with Crippen LogP contribution in [-0.2, 0) is 9.31 Å². The molecule has 0 amide bonds. The van der Waals surface area contributed by atoms with Gasteiger partial charge in [-0.1, -0.05) is 90.5 Å². The van der Waals surface area contributed by atoms with Crippen molar-refractivity contribution in [1.82, 2.24) is 0 Å². The van der Waals surface area contributed by atoms with Gasteiger partial charge in [-0.15, -0.1) is 11.3 Å². The number of hydrogen-bond acceptors (Lipinski definition) is 4. The topological polar surface area (TPSA) is 21.7 Å². The third-order valence-electron chi connectivity index (χ3n) is 10.1. The third kappa shape index (κ3) is 5.76. The van der Waals surface area contributed by atoms with Gasteiger partial charge in [-0.05, 0) is 118 Å². The van der Waals surface area contributed by atoms with E-state index in [9.17, 15) is 0 Å². The Hall–Kier alpha value is -4.68. The van der Waals surface area contributed by atoms with Crippen molar-refractivity contribution in [2.24, 2.45) is 0 Å². The molecule has 49 heavy (non-hydrogen) atoms. The van der Waals surface area contributed by atoms with Crippen LogP contribution >= 0.6 is 11.3 Å². The second-order valence-electron chi connectivity index (χ2n) is 14.3. The van der Waals surface area contributed by atoms with Gasteiger partial charge < -0.3 is 14.2 Å². The number of para-hydroxylation sites is 2. The Bertz CT molecular complexity index is 2270. The molecule has 6 aromatic carbocycles. The summed E-state index contributed by atoms with van der Waals surface area (Å²) in [6, 6.07) is 48.5. The number of hydrogen-bond donors (Lipinski definition) is 0. The minimum atomic E-state index is -0.412.